The Morgan fingerprint density at radius 1 is 0.644 bits per heavy atom. The van der Waals surface area contributed by atoms with E-state index in [9.17, 15) is 14.7 Å². The number of carboxylic acids is 1. The summed E-state index contributed by atoms with van der Waals surface area (Å²) in [5, 5.41) is 9.70. The van der Waals surface area contributed by atoms with Crippen LogP contribution < -0.4 is 9.47 Å². The van der Waals surface area contributed by atoms with Crippen LogP contribution in [0.4, 0.5) is 0 Å². The minimum absolute atomic E-state index is 0.0250. The smallest absolute Gasteiger partial charge is 0.358 e. The lowest BCUT2D eigenvalue weighted by molar-refractivity contribution is 0.0590. The van der Waals surface area contributed by atoms with Gasteiger partial charge in [-0.05, 0) is 102 Å². The van der Waals surface area contributed by atoms with Crippen LogP contribution in [0.2, 0.25) is 0 Å². The monoisotopic (exact) mass is 806 g/mol. The number of hydrogen-bond donors (Lipinski definition) is 1. The van der Waals surface area contributed by atoms with Gasteiger partial charge in [-0.15, -0.1) is 0 Å². The summed E-state index contributed by atoms with van der Waals surface area (Å²) in [6.45, 7) is 11.2. The second-order valence-corrected chi connectivity index (χ2v) is 16.7. The molecule has 0 radical (unpaired) electrons. The highest BCUT2D eigenvalue weighted by atomic mass is 16.5. The van der Waals surface area contributed by atoms with Gasteiger partial charge in [0, 0.05) is 74.6 Å². The van der Waals surface area contributed by atoms with E-state index in [1.54, 1.807) is 6.20 Å². The van der Waals surface area contributed by atoms with E-state index < -0.39 is 11.9 Å². The standard InChI is InChI=1S/C24H30N2O4.C23H28N2O4/c1-15(2)30-23-18(5-4-6-19(23)16-9-11-29-12-10-16)13-20-22(24(27)28-3)26-21(14-25-20)17-7-8-17;1-14(2)29-22-17(4-3-5-18(22)15-8-10-28-11-9-15)12-19-21(23(26)27)25-20(13-24-19)16-6-7-16/h4-6,14-17H,7-13H2,1-3H3;3-5,13-16H,6-12H2,1-2H3,(H,26,27). The molecule has 12 nitrogen and oxygen atoms in total. The third-order valence-corrected chi connectivity index (χ3v) is 11.3. The fourth-order valence-electron chi connectivity index (χ4n) is 7.96. The Hall–Kier alpha value is -4.94. The number of rotatable bonds is 14. The molecular formula is C47H58N4O8. The van der Waals surface area contributed by atoms with Crippen molar-refractivity contribution in [1.82, 2.24) is 19.9 Å². The number of ether oxygens (including phenoxy) is 5. The lowest BCUT2D eigenvalue weighted by Crippen LogP contribution is -2.18. The Morgan fingerprint density at radius 2 is 1.07 bits per heavy atom. The van der Waals surface area contributed by atoms with Crippen molar-refractivity contribution in [3.8, 4) is 11.5 Å². The van der Waals surface area contributed by atoms with Crippen LogP contribution in [-0.4, -0.2) is 82.7 Å². The van der Waals surface area contributed by atoms with E-state index in [1.165, 1.54) is 18.2 Å². The highest BCUT2D eigenvalue weighted by Gasteiger charge is 2.30. The second kappa shape index (κ2) is 19.4. The van der Waals surface area contributed by atoms with E-state index in [4.69, 9.17) is 23.7 Å². The normalized spacial score (nSPS) is 17.3. The van der Waals surface area contributed by atoms with Gasteiger partial charge >= 0.3 is 11.9 Å². The van der Waals surface area contributed by atoms with Crippen LogP contribution in [0.25, 0.3) is 0 Å². The van der Waals surface area contributed by atoms with Gasteiger partial charge in [0.2, 0.25) is 0 Å². The molecule has 2 saturated carbocycles. The molecule has 2 aromatic heterocycles. The molecule has 2 saturated heterocycles. The minimum atomic E-state index is -1.03. The highest BCUT2D eigenvalue weighted by Crippen LogP contribution is 2.42. The second-order valence-electron chi connectivity index (χ2n) is 16.7. The first-order chi connectivity index (χ1) is 28.6. The summed E-state index contributed by atoms with van der Waals surface area (Å²) in [5.74, 6) is 1.89. The number of aromatic carboxylic acids is 1. The highest BCUT2D eigenvalue weighted by molar-refractivity contribution is 5.88. The summed E-state index contributed by atoms with van der Waals surface area (Å²) < 4.78 is 28.6. The number of para-hydroxylation sites is 2. The third-order valence-electron chi connectivity index (χ3n) is 11.3. The van der Waals surface area contributed by atoms with Crippen molar-refractivity contribution in [2.75, 3.05) is 33.5 Å². The summed E-state index contributed by atoms with van der Waals surface area (Å²) in [6.07, 6.45) is 12.7. The molecule has 8 rings (SSSR count). The number of methoxy groups -OCH3 is 1. The fraction of sp³-hybridized carbons (Fsp3) is 0.532. The molecule has 4 heterocycles. The van der Waals surface area contributed by atoms with Gasteiger partial charge in [0.1, 0.15) is 11.5 Å². The molecule has 4 fully saturated rings. The maximum absolute atomic E-state index is 12.4. The number of carbonyl (C=O) groups excluding carboxylic acids is 1. The molecule has 59 heavy (non-hydrogen) atoms. The van der Waals surface area contributed by atoms with Gasteiger partial charge < -0.3 is 28.8 Å². The quantitative estimate of drug-likeness (QED) is 0.121. The lowest BCUT2D eigenvalue weighted by Gasteiger charge is -2.27. The van der Waals surface area contributed by atoms with Crippen LogP contribution in [0.5, 0.6) is 11.5 Å². The van der Waals surface area contributed by atoms with Crippen LogP contribution in [0.15, 0.2) is 48.8 Å². The molecule has 12 heteroatoms. The van der Waals surface area contributed by atoms with Crippen molar-refractivity contribution < 1.29 is 38.4 Å². The van der Waals surface area contributed by atoms with Gasteiger partial charge in [-0.2, -0.15) is 0 Å². The first-order valence-electron chi connectivity index (χ1n) is 21.3. The Kier molecular flexibility index (Phi) is 13.9. The first-order valence-corrected chi connectivity index (χ1v) is 21.3. The van der Waals surface area contributed by atoms with Gasteiger partial charge in [0.15, 0.2) is 11.4 Å². The lowest BCUT2D eigenvalue weighted by atomic mass is 9.88. The summed E-state index contributed by atoms with van der Waals surface area (Å²) in [7, 11) is 1.39. The van der Waals surface area contributed by atoms with Crippen LogP contribution in [0, 0.1) is 0 Å². The molecule has 0 atom stereocenters. The van der Waals surface area contributed by atoms with E-state index in [0.717, 1.165) is 112 Å². The van der Waals surface area contributed by atoms with Gasteiger partial charge in [-0.25, -0.2) is 19.6 Å². The maximum Gasteiger partial charge on any atom is 0.358 e. The third kappa shape index (κ3) is 10.8. The predicted molar refractivity (Wildman–Crippen MR) is 222 cm³/mol. The summed E-state index contributed by atoms with van der Waals surface area (Å²) in [4.78, 5) is 42.4. The Bertz CT molecular complexity index is 2080. The molecule has 1 N–H and O–H groups in total. The van der Waals surface area contributed by atoms with Crippen LogP contribution in [0.1, 0.15) is 169 Å². The molecule has 2 aliphatic carbocycles. The zero-order valence-electron chi connectivity index (χ0n) is 35.1. The molecule has 0 spiro atoms. The van der Waals surface area contributed by atoms with Gasteiger partial charge in [0.05, 0.1) is 42.1 Å². The SMILES string of the molecule is CC(C)Oc1c(Cc2ncc(C3CC3)nc2C(=O)O)cccc1C1CCOCC1.COC(=O)c1nc(C2CC2)cnc1Cc1cccc(C2CCOCC2)c1OC(C)C. The average Bonchev–Trinajstić information content (AvgIpc) is 4.18. The molecule has 2 aliphatic heterocycles. The van der Waals surface area contributed by atoms with Crippen molar-refractivity contribution in [2.45, 2.75) is 128 Å². The number of hydrogen-bond acceptors (Lipinski definition) is 11. The minimum Gasteiger partial charge on any atom is -0.490 e. The molecule has 0 bridgehead atoms. The van der Waals surface area contributed by atoms with Crippen molar-refractivity contribution in [3.05, 3.63) is 105 Å². The predicted octanol–water partition coefficient (Wildman–Crippen LogP) is 8.74. The van der Waals surface area contributed by atoms with Crippen molar-refractivity contribution in [3.63, 3.8) is 0 Å². The molecular weight excluding hydrogens is 749 g/mol. The molecule has 2 aromatic carbocycles. The molecule has 0 amide bonds. The van der Waals surface area contributed by atoms with E-state index in [1.807, 2.05) is 46.0 Å². The number of carbonyl (C=O) groups is 2. The molecule has 0 unspecified atom stereocenters. The summed E-state index contributed by atoms with van der Waals surface area (Å²) in [6, 6.07) is 12.4. The van der Waals surface area contributed by atoms with E-state index in [-0.39, 0.29) is 17.9 Å². The molecule has 314 valence electrons. The van der Waals surface area contributed by atoms with Crippen LogP contribution >= 0.6 is 0 Å². The average molecular weight is 807 g/mol. The van der Waals surface area contributed by atoms with E-state index in [0.29, 0.717) is 53.6 Å². The topological polar surface area (TPSA) is 152 Å². The maximum atomic E-state index is 12.4. The van der Waals surface area contributed by atoms with Gasteiger partial charge in [-0.1, -0.05) is 36.4 Å². The summed E-state index contributed by atoms with van der Waals surface area (Å²) in [5.41, 5.74) is 7.53. The van der Waals surface area contributed by atoms with E-state index >= 15 is 0 Å². The zero-order chi connectivity index (χ0) is 41.5. The number of benzene rings is 2. The number of esters is 1. The first kappa shape index (κ1) is 42.2. The zero-order valence-corrected chi connectivity index (χ0v) is 35.1. The molecule has 4 aromatic rings. The number of nitrogens with zero attached hydrogens (tertiary/aromatic N) is 4. The van der Waals surface area contributed by atoms with Crippen molar-refractivity contribution in [2.24, 2.45) is 0 Å². The number of carboxylic acid groups (broad SMARTS) is 1. The summed E-state index contributed by atoms with van der Waals surface area (Å²) >= 11 is 0. The Balaban J connectivity index is 0.000000179. The van der Waals surface area contributed by atoms with Crippen molar-refractivity contribution >= 4 is 11.9 Å². The largest absolute Gasteiger partial charge is 0.490 e. The van der Waals surface area contributed by atoms with E-state index in [2.05, 4.69) is 44.2 Å². The van der Waals surface area contributed by atoms with Crippen LogP contribution in [0.3, 0.4) is 0 Å². The Morgan fingerprint density at radius 3 is 1.46 bits per heavy atom. The number of aromatic nitrogens is 4. The molecule has 4 aliphatic rings. The Labute approximate surface area is 347 Å². The van der Waals surface area contributed by atoms with Gasteiger partial charge in [-0.3, -0.25) is 9.97 Å². The van der Waals surface area contributed by atoms with Crippen LogP contribution in [-0.2, 0) is 27.1 Å². The van der Waals surface area contributed by atoms with Gasteiger partial charge in [0.25, 0.3) is 0 Å². The fourth-order valence-corrected chi connectivity index (χ4v) is 7.96. The van der Waals surface area contributed by atoms with Crippen molar-refractivity contribution in [1.29, 1.82) is 0 Å².